The van der Waals surface area contributed by atoms with Crippen LogP contribution in [-0.2, 0) is 11.4 Å². The van der Waals surface area contributed by atoms with Crippen molar-refractivity contribution < 1.29 is 14.3 Å². The van der Waals surface area contributed by atoms with E-state index in [4.69, 9.17) is 9.47 Å². The van der Waals surface area contributed by atoms with Gasteiger partial charge in [0.1, 0.15) is 6.61 Å². The normalized spacial score (nSPS) is 16.9. The first-order valence-corrected chi connectivity index (χ1v) is 10.7. The fourth-order valence-corrected chi connectivity index (χ4v) is 3.93. The highest BCUT2D eigenvalue weighted by atomic mass is 127. The lowest BCUT2D eigenvalue weighted by molar-refractivity contribution is -0.121. The molecule has 0 spiro atoms. The van der Waals surface area contributed by atoms with Crippen molar-refractivity contribution in [3.63, 3.8) is 0 Å². The highest BCUT2D eigenvalue weighted by Gasteiger charge is 2.29. The molecule has 2 aromatic rings. The number of hydrogen-bond acceptors (Lipinski definition) is 5. The zero-order valence-electron chi connectivity index (χ0n) is 15.9. The molecule has 3 rings (SSSR count). The minimum Gasteiger partial charge on any atom is -0.490 e. The predicted molar refractivity (Wildman–Crippen MR) is 123 cm³/mol. The van der Waals surface area contributed by atoms with Gasteiger partial charge in [0.15, 0.2) is 16.7 Å². The van der Waals surface area contributed by atoms with Crippen molar-refractivity contribution >= 4 is 51.5 Å². The second kappa shape index (κ2) is 9.47. The van der Waals surface area contributed by atoms with Crippen LogP contribution in [0.15, 0.2) is 52.4 Å². The Hall–Kier alpha value is -2.00. The summed E-state index contributed by atoms with van der Waals surface area (Å²) in [4.78, 5) is 18.7. The van der Waals surface area contributed by atoms with E-state index in [2.05, 4.69) is 39.7 Å². The smallest absolute Gasteiger partial charge is 0.266 e. The summed E-state index contributed by atoms with van der Waals surface area (Å²) in [7, 11) is 3.41. The van der Waals surface area contributed by atoms with Crippen LogP contribution in [0.4, 0.5) is 0 Å². The molecule has 1 aliphatic heterocycles. The zero-order chi connectivity index (χ0) is 20.1. The monoisotopic (exact) mass is 508 g/mol. The van der Waals surface area contributed by atoms with Crippen molar-refractivity contribution in [3.8, 4) is 11.5 Å². The van der Waals surface area contributed by atoms with Gasteiger partial charge in [-0.3, -0.25) is 14.7 Å². The summed E-state index contributed by atoms with van der Waals surface area (Å²) in [6, 6.07) is 13.9. The summed E-state index contributed by atoms with van der Waals surface area (Å²) >= 11 is 3.65. The van der Waals surface area contributed by atoms with Crippen LogP contribution in [0, 0.1) is 3.57 Å². The molecule has 0 aromatic heterocycles. The number of amidine groups is 1. The molecule has 1 heterocycles. The third-order valence-corrected chi connectivity index (χ3v) is 5.94. The van der Waals surface area contributed by atoms with Gasteiger partial charge in [0.05, 0.1) is 11.5 Å². The van der Waals surface area contributed by atoms with Gasteiger partial charge in [0.2, 0.25) is 0 Å². The quantitative estimate of drug-likeness (QED) is 0.416. The number of aliphatic imine (C=N–C) groups is 1. The maximum Gasteiger partial charge on any atom is 0.266 e. The molecule has 2 aromatic carbocycles. The highest BCUT2D eigenvalue weighted by molar-refractivity contribution is 14.1. The second-order valence-electron chi connectivity index (χ2n) is 6.04. The molecule has 0 radical (unpaired) electrons. The van der Waals surface area contributed by atoms with Crippen LogP contribution >= 0.6 is 34.4 Å². The number of benzene rings is 2. The summed E-state index contributed by atoms with van der Waals surface area (Å²) in [5, 5.41) is 0.693. The van der Waals surface area contributed by atoms with Crippen LogP contribution in [-0.4, -0.2) is 36.7 Å². The van der Waals surface area contributed by atoms with Crippen LogP contribution in [0.1, 0.15) is 18.1 Å². The van der Waals surface area contributed by atoms with E-state index in [1.165, 1.54) is 15.3 Å². The number of hydrogen-bond donors (Lipinski definition) is 0. The second-order valence-corrected chi connectivity index (χ2v) is 8.29. The van der Waals surface area contributed by atoms with Gasteiger partial charge in [-0.1, -0.05) is 18.2 Å². The molecule has 146 valence electrons. The van der Waals surface area contributed by atoms with E-state index in [1.54, 1.807) is 19.0 Å². The number of halogens is 1. The summed E-state index contributed by atoms with van der Waals surface area (Å²) in [6.45, 7) is 2.93. The first kappa shape index (κ1) is 20.7. The number of ether oxygens (including phenoxy) is 2. The lowest BCUT2D eigenvalue weighted by Gasteiger charge is -2.13. The molecule has 1 fully saturated rings. The SMILES string of the molecule is CCOc1cc(/C=C2/SC(=NC)N(C)C2=O)ccc1OCc1ccc(I)cc1. The Morgan fingerprint density at radius 1 is 1.14 bits per heavy atom. The Bertz CT molecular complexity index is 926. The fourth-order valence-electron chi connectivity index (χ4n) is 2.64. The fraction of sp³-hybridized carbons (Fsp3) is 0.238. The van der Waals surface area contributed by atoms with Crippen molar-refractivity contribution in [1.29, 1.82) is 0 Å². The first-order chi connectivity index (χ1) is 13.5. The van der Waals surface area contributed by atoms with Crippen molar-refractivity contribution in [2.75, 3.05) is 20.7 Å². The Morgan fingerprint density at radius 2 is 1.89 bits per heavy atom. The van der Waals surface area contributed by atoms with Gasteiger partial charge in [-0.05, 0) is 82.7 Å². The summed E-state index contributed by atoms with van der Waals surface area (Å²) in [5.74, 6) is 1.29. The standard InChI is InChI=1S/C21H21IN2O3S/c1-4-26-18-11-15(12-19-20(25)24(3)21(23-2)28-19)7-10-17(18)27-13-14-5-8-16(22)9-6-14/h5-12H,4,13H2,1-3H3/b19-12+,23-21?. The number of carbonyl (C=O) groups excluding carboxylic acids is 1. The summed E-state index contributed by atoms with van der Waals surface area (Å²) in [6.07, 6.45) is 1.85. The third kappa shape index (κ3) is 4.88. The van der Waals surface area contributed by atoms with E-state index in [9.17, 15) is 4.79 Å². The molecule has 0 saturated carbocycles. The van der Waals surface area contributed by atoms with E-state index in [-0.39, 0.29) is 5.91 Å². The molecular weight excluding hydrogens is 487 g/mol. The highest BCUT2D eigenvalue weighted by Crippen LogP contribution is 2.34. The molecule has 28 heavy (non-hydrogen) atoms. The maximum atomic E-state index is 12.3. The molecule has 0 bridgehead atoms. The molecule has 0 atom stereocenters. The minimum atomic E-state index is -0.0532. The lowest BCUT2D eigenvalue weighted by atomic mass is 10.1. The number of amides is 1. The maximum absolute atomic E-state index is 12.3. The lowest BCUT2D eigenvalue weighted by Crippen LogP contribution is -2.23. The molecule has 7 heteroatoms. The predicted octanol–water partition coefficient (Wildman–Crippen LogP) is 4.80. The van der Waals surface area contributed by atoms with Gasteiger partial charge in [-0.25, -0.2) is 0 Å². The van der Waals surface area contributed by atoms with Crippen LogP contribution in [0.2, 0.25) is 0 Å². The van der Waals surface area contributed by atoms with Gasteiger partial charge >= 0.3 is 0 Å². The Morgan fingerprint density at radius 3 is 2.54 bits per heavy atom. The Labute approximate surface area is 183 Å². The number of rotatable bonds is 6. The molecule has 0 N–H and O–H groups in total. The van der Waals surface area contributed by atoms with Crippen LogP contribution in [0.5, 0.6) is 11.5 Å². The topological polar surface area (TPSA) is 51.1 Å². The van der Waals surface area contributed by atoms with Gasteiger partial charge in [-0.2, -0.15) is 0 Å². The van der Waals surface area contributed by atoms with Crippen molar-refractivity contribution in [2.24, 2.45) is 4.99 Å². The number of nitrogens with zero attached hydrogens (tertiary/aromatic N) is 2. The van der Waals surface area contributed by atoms with E-state index < -0.39 is 0 Å². The zero-order valence-corrected chi connectivity index (χ0v) is 18.9. The molecule has 1 amide bonds. The van der Waals surface area contributed by atoms with Crippen LogP contribution < -0.4 is 9.47 Å². The average molecular weight is 508 g/mol. The molecule has 0 aliphatic carbocycles. The van der Waals surface area contributed by atoms with E-state index in [0.29, 0.717) is 34.8 Å². The number of thioether (sulfide) groups is 1. The van der Waals surface area contributed by atoms with Crippen LogP contribution in [0.3, 0.4) is 0 Å². The van der Waals surface area contributed by atoms with Crippen molar-refractivity contribution in [1.82, 2.24) is 4.90 Å². The number of likely N-dealkylation sites (N-methyl/N-ethyl adjacent to an activating group) is 1. The van der Waals surface area contributed by atoms with Gasteiger partial charge in [-0.15, -0.1) is 0 Å². The largest absolute Gasteiger partial charge is 0.490 e. The molecule has 1 saturated heterocycles. The third-order valence-electron chi connectivity index (χ3n) is 4.07. The van der Waals surface area contributed by atoms with Crippen molar-refractivity contribution in [2.45, 2.75) is 13.5 Å². The van der Waals surface area contributed by atoms with Gasteiger partial charge < -0.3 is 9.47 Å². The number of carbonyl (C=O) groups is 1. The van der Waals surface area contributed by atoms with E-state index in [0.717, 1.165) is 11.1 Å². The van der Waals surface area contributed by atoms with Crippen LogP contribution in [0.25, 0.3) is 6.08 Å². The van der Waals surface area contributed by atoms with E-state index >= 15 is 0 Å². The molecule has 0 unspecified atom stereocenters. The van der Waals surface area contributed by atoms with Gasteiger partial charge in [0, 0.05) is 17.7 Å². The molecule has 1 aliphatic rings. The average Bonchev–Trinajstić information content (AvgIpc) is 2.97. The first-order valence-electron chi connectivity index (χ1n) is 8.80. The molecular formula is C21H21IN2O3S. The Kier molecular flexibility index (Phi) is 7.01. The van der Waals surface area contributed by atoms with Gasteiger partial charge in [0.25, 0.3) is 5.91 Å². The van der Waals surface area contributed by atoms with Crippen molar-refractivity contribution in [3.05, 3.63) is 62.1 Å². The van der Waals surface area contributed by atoms with E-state index in [1.807, 2.05) is 43.3 Å². The summed E-state index contributed by atoms with van der Waals surface area (Å²) < 4.78 is 12.9. The summed E-state index contributed by atoms with van der Waals surface area (Å²) in [5.41, 5.74) is 1.98. The Balaban J connectivity index is 1.80. The molecule has 5 nitrogen and oxygen atoms in total. The minimum absolute atomic E-state index is 0.0532.